The smallest absolute Gasteiger partial charge is 0.237 e. The van der Waals surface area contributed by atoms with Crippen molar-refractivity contribution in [2.45, 2.75) is 19.4 Å². The lowest BCUT2D eigenvalue weighted by molar-refractivity contribution is 0.327. The number of halogens is 2. The van der Waals surface area contributed by atoms with E-state index in [1.165, 1.54) is 0 Å². The Morgan fingerprint density at radius 2 is 2.47 bits per heavy atom. The van der Waals surface area contributed by atoms with Crippen molar-refractivity contribution in [2.75, 3.05) is 25.0 Å². The molecule has 1 aliphatic rings. The summed E-state index contributed by atoms with van der Waals surface area (Å²) in [4.78, 5) is 8.34. The Morgan fingerprint density at radius 3 is 3.12 bits per heavy atom. The number of rotatable bonds is 4. The molecule has 0 radical (unpaired) electrons. The van der Waals surface area contributed by atoms with Crippen LogP contribution in [-0.2, 0) is 0 Å². The molecule has 0 aromatic carbocycles. The third kappa shape index (κ3) is 3.87. The number of hydrogen-bond donors (Lipinski definition) is 2. The van der Waals surface area contributed by atoms with Crippen LogP contribution in [0.5, 0.6) is 5.88 Å². The molecule has 2 N–H and O–H groups in total. The number of aromatic nitrogens is 2. The molecule has 7 heteroatoms. The minimum Gasteiger partial charge on any atom is -0.477 e. The highest BCUT2D eigenvalue weighted by atomic mass is 35.5. The summed E-state index contributed by atoms with van der Waals surface area (Å²) < 4.78 is 5.30. The summed E-state index contributed by atoms with van der Waals surface area (Å²) in [6.45, 7) is 4.41. The van der Waals surface area contributed by atoms with E-state index in [2.05, 4.69) is 20.6 Å². The molecule has 0 amide bonds. The van der Waals surface area contributed by atoms with Crippen LogP contribution in [0.3, 0.4) is 0 Å². The quantitative estimate of drug-likeness (QED) is 0.879. The molecular weight excluding hydrogens is 263 g/mol. The summed E-state index contributed by atoms with van der Waals surface area (Å²) in [7, 11) is 0. The van der Waals surface area contributed by atoms with Crippen molar-refractivity contribution in [3.05, 3.63) is 11.2 Å². The van der Waals surface area contributed by atoms with Crippen molar-refractivity contribution < 1.29 is 4.74 Å². The molecule has 1 unspecified atom stereocenters. The highest BCUT2D eigenvalue weighted by Crippen LogP contribution is 2.22. The zero-order chi connectivity index (χ0) is 11.4. The summed E-state index contributed by atoms with van der Waals surface area (Å²) in [5.41, 5.74) is 0. The van der Waals surface area contributed by atoms with Crippen LogP contribution >= 0.6 is 24.0 Å². The molecule has 2 rings (SSSR count). The van der Waals surface area contributed by atoms with Crippen molar-refractivity contribution in [3.8, 4) is 5.88 Å². The maximum atomic E-state index is 5.90. The Bertz CT molecular complexity index is 358. The Kier molecular flexibility index (Phi) is 5.74. The number of nitrogens with zero attached hydrogens (tertiary/aromatic N) is 2. The number of nitrogens with one attached hydrogen (secondary N) is 2. The zero-order valence-electron chi connectivity index (χ0n) is 9.57. The first-order valence-electron chi connectivity index (χ1n) is 5.42. The van der Waals surface area contributed by atoms with E-state index < -0.39 is 0 Å². The van der Waals surface area contributed by atoms with E-state index in [0.29, 0.717) is 29.5 Å². The molecule has 1 aliphatic heterocycles. The third-order valence-corrected chi connectivity index (χ3v) is 2.65. The Hall–Kier alpha value is -0.780. The molecule has 1 aromatic rings. The van der Waals surface area contributed by atoms with E-state index in [9.17, 15) is 0 Å². The minimum atomic E-state index is 0. The molecule has 0 saturated carbocycles. The van der Waals surface area contributed by atoms with Crippen molar-refractivity contribution >= 4 is 30.0 Å². The van der Waals surface area contributed by atoms with Gasteiger partial charge >= 0.3 is 0 Å². The molecule has 5 nitrogen and oxygen atoms in total. The standard InChI is InChI=1S/C10H15ClN4O.ClH/c1-2-16-9-8(11)6-13-10(15-9)14-7-3-4-12-5-7;/h6-7,12H,2-5H2,1H3,(H,13,14,15);1H. The monoisotopic (exact) mass is 278 g/mol. The maximum absolute atomic E-state index is 5.90. The van der Waals surface area contributed by atoms with Gasteiger partial charge in [-0.05, 0) is 19.9 Å². The molecule has 1 fully saturated rings. The fourth-order valence-corrected chi connectivity index (χ4v) is 1.76. The average molecular weight is 279 g/mol. The van der Waals surface area contributed by atoms with Crippen LogP contribution in [0.15, 0.2) is 6.20 Å². The van der Waals surface area contributed by atoms with Crippen LogP contribution in [0.4, 0.5) is 5.95 Å². The second kappa shape index (κ2) is 6.83. The largest absolute Gasteiger partial charge is 0.477 e. The summed E-state index contributed by atoms with van der Waals surface area (Å²) in [6.07, 6.45) is 2.64. The number of anilines is 1. The lowest BCUT2D eigenvalue weighted by Gasteiger charge is -2.12. The van der Waals surface area contributed by atoms with Gasteiger partial charge in [0.25, 0.3) is 0 Å². The van der Waals surface area contributed by atoms with Gasteiger partial charge in [-0.15, -0.1) is 12.4 Å². The Balaban J connectivity index is 0.00000144. The van der Waals surface area contributed by atoms with Gasteiger partial charge in [-0.3, -0.25) is 0 Å². The third-order valence-electron chi connectivity index (χ3n) is 2.39. The van der Waals surface area contributed by atoms with E-state index in [0.717, 1.165) is 19.5 Å². The van der Waals surface area contributed by atoms with Crippen molar-refractivity contribution in [3.63, 3.8) is 0 Å². The van der Waals surface area contributed by atoms with Gasteiger partial charge in [0.05, 0.1) is 12.8 Å². The molecule has 17 heavy (non-hydrogen) atoms. The molecule has 1 saturated heterocycles. The zero-order valence-corrected chi connectivity index (χ0v) is 11.1. The second-order valence-corrected chi connectivity index (χ2v) is 4.02. The molecule has 0 spiro atoms. The lowest BCUT2D eigenvalue weighted by atomic mass is 10.3. The van der Waals surface area contributed by atoms with Gasteiger partial charge in [-0.1, -0.05) is 11.6 Å². The SMILES string of the molecule is CCOc1nc(NC2CCNC2)ncc1Cl.Cl. The van der Waals surface area contributed by atoms with Crippen molar-refractivity contribution in [2.24, 2.45) is 0 Å². The maximum Gasteiger partial charge on any atom is 0.237 e. The minimum absolute atomic E-state index is 0. The van der Waals surface area contributed by atoms with Crippen molar-refractivity contribution in [1.82, 2.24) is 15.3 Å². The molecular formula is C10H16Cl2N4O. The van der Waals surface area contributed by atoms with Gasteiger partial charge in [0.15, 0.2) is 0 Å². The molecule has 0 bridgehead atoms. The van der Waals surface area contributed by atoms with Crippen LogP contribution in [0, 0.1) is 0 Å². The van der Waals surface area contributed by atoms with Crippen LogP contribution in [0.25, 0.3) is 0 Å². The average Bonchev–Trinajstić information content (AvgIpc) is 2.76. The Labute approximate surface area is 112 Å². The topological polar surface area (TPSA) is 59.1 Å². The van der Waals surface area contributed by atoms with Crippen molar-refractivity contribution in [1.29, 1.82) is 0 Å². The highest BCUT2D eigenvalue weighted by molar-refractivity contribution is 6.31. The van der Waals surface area contributed by atoms with E-state index >= 15 is 0 Å². The number of hydrogen-bond acceptors (Lipinski definition) is 5. The molecule has 2 heterocycles. The van der Waals surface area contributed by atoms with E-state index in [1.54, 1.807) is 6.20 Å². The second-order valence-electron chi connectivity index (χ2n) is 3.61. The fourth-order valence-electron chi connectivity index (χ4n) is 1.62. The van der Waals surface area contributed by atoms with Gasteiger partial charge in [0, 0.05) is 12.6 Å². The molecule has 1 aromatic heterocycles. The predicted octanol–water partition coefficient (Wildman–Crippen LogP) is 1.72. The summed E-state index contributed by atoms with van der Waals surface area (Å²) in [5, 5.41) is 6.95. The summed E-state index contributed by atoms with van der Waals surface area (Å²) >= 11 is 5.90. The van der Waals surface area contributed by atoms with Crippen LogP contribution in [-0.4, -0.2) is 35.7 Å². The van der Waals surface area contributed by atoms with Crippen LogP contribution < -0.4 is 15.4 Å². The van der Waals surface area contributed by atoms with Gasteiger partial charge < -0.3 is 15.4 Å². The van der Waals surface area contributed by atoms with E-state index in [-0.39, 0.29) is 12.4 Å². The molecule has 96 valence electrons. The molecule has 1 atom stereocenters. The highest BCUT2D eigenvalue weighted by Gasteiger charge is 2.15. The van der Waals surface area contributed by atoms with E-state index in [1.807, 2.05) is 6.92 Å². The normalized spacial score (nSPS) is 18.6. The Morgan fingerprint density at radius 1 is 1.65 bits per heavy atom. The first-order valence-corrected chi connectivity index (χ1v) is 5.80. The first kappa shape index (κ1) is 14.3. The summed E-state index contributed by atoms with van der Waals surface area (Å²) in [5.74, 6) is 1.01. The van der Waals surface area contributed by atoms with E-state index in [4.69, 9.17) is 16.3 Å². The van der Waals surface area contributed by atoms with Gasteiger partial charge in [-0.2, -0.15) is 4.98 Å². The predicted molar refractivity (Wildman–Crippen MR) is 70.4 cm³/mol. The lowest BCUT2D eigenvalue weighted by Crippen LogP contribution is -2.23. The fraction of sp³-hybridized carbons (Fsp3) is 0.600. The molecule has 0 aliphatic carbocycles. The summed E-state index contributed by atoms with van der Waals surface area (Å²) in [6, 6.07) is 0.385. The van der Waals surface area contributed by atoms with Crippen LogP contribution in [0.2, 0.25) is 5.02 Å². The first-order chi connectivity index (χ1) is 7.79. The van der Waals surface area contributed by atoms with Gasteiger partial charge in [0.1, 0.15) is 5.02 Å². The van der Waals surface area contributed by atoms with Gasteiger partial charge in [-0.25, -0.2) is 4.98 Å². The van der Waals surface area contributed by atoms with Crippen LogP contribution in [0.1, 0.15) is 13.3 Å². The van der Waals surface area contributed by atoms with Gasteiger partial charge in [0.2, 0.25) is 11.8 Å². The number of ether oxygens (including phenoxy) is 1.